The van der Waals surface area contributed by atoms with Gasteiger partial charge in [0, 0.05) is 13.1 Å². The Hall–Kier alpha value is -0.810. The molecule has 0 saturated heterocycles. The minimum atomic E-state index is -0.0117. The summed E-state index contributed by atoms with van der Waals surface area (Å²) >= 11 is 0. The molecule has 0 spiro atoms. The van der Waals surface area contributed by atoms with Crippen molar-refractivity contribution in [1.29, 1.82) is 0 Å². The van der Waals surface area contributed by atoms with Gasteiger partial charge in [-0.15, -0.1) is 0 Å². The lowest BCUT2D eigenvalue weighted by atomic mass is 10.2. The van der Waals surface area contributed by atoms with Crippen LogP contribution < -0.4 is 10.6 Å². The molecule has 0 radical (unpaired) electrons. The number of nitrogens with zero attached hydrogens (tertiary/aromatic N) is 2. The van der Waals surface area contributed by atoms with E-state index in [1.54, 1.807) is 0 Å². The van der Waals surface area contributed by atoms with Crippen LogP contribution in [0.1, 0.15) is 91.9 Å². The molecule has 2 amide bonds. The topological polar surface area (TPSA) is 47.6 Å². The predicted octanol–water partition coefficient (Wildman–Crippen LogP) is 4.87. The number of unbranched alkanes of at least 4 members (excludes halogenated alkanes) is 4. The fraction of sp³-hybridized carbons (Fsp3) is 0.957. The highest BCUT2D eigenvalue weighted by atomic mass is 16.2. The summed E-state index contributed by atoms with van der Waals surface area (Å²) in [5.41, 5.74) is 0. The van der Waals surface area contributed by atoms with Crippen molar-refractivity contribution in [1.82, 2.24) is 20.4 Å². The summed E-state index contributed by atoms with van der Waals surface area (Å²) in [6, 6.07) is -0.0117. The fourth-order valence-electron chi connectivity index (χ4n) is 3.27. The summed E-state index contributed by atoms with van der Waals surface area (Å²) in [6.45, 7) is 17.4. The van der Waals surface area contributed by atoms with Crippen LogP contribution in [0.15, 0.2) is 0 Å². The average molecular weight is 399 g/mol. The molecule has 0 fully saturated rings. The van der Waals surface area contributed by atoms with Gasteiger partial charge in [-0.25, -0.2) is 4.79 Å². The summed E-state index contributed by atoms with van der Waals surface area (Å²) < 4.78 is 0. The van der Waals surface area contributed by atoms with Crippen molar-refractivity contribution >= 4 is 6.03 Å². The first kappa shape index (κ1) is 27.2. The normalized spacial score (nSPS) is 11.4. The van der Waals surface area contributed by atoms with Crippen LogP contribution in [0.4, 0.5) is 4.79 Å². The highest BCUT2D eigenvalue weighted by Gasteiger charge is 2.06. The first-order valence-corrected chi connectivity index (χ1v) is 12.1. The van der Waals surface area contributed by atoms with Gasteiger partial charge < -0.3 is 20.4 Å². The zero-order valence-corrected chi connectivity index (χ0v) is 19.5. The van der Waals surface area contributed by atoms with Crippen LogP contribution >= 0.6 is 0 Å². The van der Waals surface area contributed by atoms with Crippen LogP contribution in [0.5, 0.6) is 0 Å². The number of rotatable bonds is 20. The number of hydrogen-bond acceptors (Lipinski definition) is 3. The molecule has 0 saturated carbocycles. The molecule has 0 aromatic rings. The van der Waals surface area contributed by atoms with E-state index < -0.39 is 0 Å². The number of carbonyl (C=O) groups excluding carboxylic acids is 1. The lowest BCUT2D eigenvalue weighted by molar-refractivity contribution is 0.234. The second-order valence-electron chi connectivity index (χ2n) is 7.99. The number of nitrogens with one attached hydrogen (secondary N) is 2. The van der Waals surface area contributed by atoms with E-state index in [-0.39, 0.29) is 6.03 Å². The summed E-state index contributed by atoms with van der Waals surface area (Å²) in [7, 11) is 0. The highest BCUT2D eigenvalue weighted by molar-refractivity contribution is 5.73. The van der Waals surface area contributed by atoms with Crippen molar-refractivity contribution in [2.24, 2.45) is 0 Å². The third-order valence-electron chi connectivity index (χ3n) is 5.18. The first-order valence-electron chi connectivity index (χ1n) is 12.1. The van der Waals surface area contributed by atoms with Gasteiger partial charge in [0.15, 0.2) is 0 Å². The van der Waals surface area contributed by atoms with E-state index in [4.69, 9.17) is 0 Å². The predicted molar refractivity (Wildman–Crippen MR) is 123 cm³/mol. The summed E-state index contributed by atoms with van der Waals surface area (Å²) in [5.74, 6) is 0. The monoisotopic (exact) mass is 398 g/mol. The molecule has 168 valence electrons. The fourth-order valence-corrected chi connectivity index (χ4v) is 3.27. The Labute approximate surface area is 176 Å². The SMILES string of the molecule is CCCCN(CCCC)CCCNC(=O)NCCCN(CCCC)CCCC. The van der Waals surface area contributed by atoms with Gasteiger partial charge in [-0.2, -0.15) is 0 Å². The molecule has 0 aromatic carbocycles. The Morgan fingerprint density at radius 1 is 0.536 bits per heavy atom. The number of urea groups is 1. The molecule has 0 aromatic heterocycles. The lowest BCUT2D eigenvalue weighted by Crippen LogP contribution is -2.39. The highest BCUT2D eigenvalue weighted by Crippen LogP contribution is 2.01. The Balaban J connectivity index is 3.81. The third kappa shape index (κ3) is 17.3. The molecule has 5 nitrogen and oxygen atoms in total. The minimum absolute atomic E-state index is 0.0117. The minimum Gasteiger partial charge on any atom is -0.338 e. The maximum atomic E-state index is 12.0. The average Bonchev–Trinajstić information content (AvgIpc) is 2.71. The van der Waals surface area contributed by atoms with Crippen molar-refractivity contribution in [3.8, 4) is 0 Å². The molecule has 5 heteroatoms. The van der Waals surface area contributed by atoms with Gasteiger partial charge in [0.05, 0.1) is 0 Å². The van der Waals surface area contributed by atoms with Crippen LogP contribution in [-0.4, -0.2) is 68.2 Å². The van der Waals surface area contributed by atoms with Crippen molar-refractivity contribution in [3.05, 3.63) is 0 Å². The molecule has 0 rings (SSSR count). The molecular formula is C23H50N4O. The third-order valence-corrected chi connectivity index (χ3v) is 5.18. The van der Waals surface area contributed by atoms with Crippen LogP contribution in [0.3, 0.4) is 0 Å². The van der Waals surface area contributed by atoms with E-state index >= 15 is 0 Å². The summed E-state index contributed by atoms with van der Waals surface area (Å²) in [4.78, 5) is 17.1. The zero-order valence-electron chi connectivity index (χ0n) is 19.5. The quantitative estimate of drug-likeness (QED) is 0.288. The number of carbonyl (C=O) groups is 1. The van der Waals surface area contributed by atoms with E-state index in [1.165, 1.54) is 77.5 Å². The second kappa shape index (κ2) is 20.9. The van der Waals surface area contributed by atoms with Crippen LogP contribution in [0, 0.1) is 0 Å². The van der Waals surface area contributed by atoms with Crippen molar-refractivity contribution in [2.45, 2.75) is 91.9 Å². The lowest BCUT2D eigenvalue weighted by Gasteiger charge is -2.22. The zero-order chi connectivity index (χ0) is 20.9. The molecule has 0 aliphatic rings. The van der Waals surface area contributed by atoms with E-state index in [0.29, 0.717) is 0 Å². The molecule has 0 unspecified atom stereocenters. The number of amides is 2. The Morgan fingerprint density at radius 3 is 1.11 bits per heavy atom. The van der Waals surface area contributed by atoms with Gasteiger partial charge in [0.2, 0.25) is 0 Å². The van der Waals surface area contributed by atoms with Gasteiger partial charge in [0.1, 0.15) is 0 Å². The van der Waals surface area contributed by atoms with Gasteiger partial charge in [-0.3, -0.25) is 0 Å². The van der Waals surface area contributed by atoms with Crippen molar-refractivity contribution < 1.29 is 4.79 Å². The van der Waals surface area contributed by atoms with E-state index in [1.807, 2.05) is 0 Å². The summed E-state index contributed by atoms with van der Waals surface area (Å²) in [6.07, 6.45) is 12.1. The smallest absolute Gasteiger partial charge is 0.314 e. The van der Waals surface area contributed by atoms with Crippen LogP contribution in [0.2, 0.25) is 0 Å². The van der Waals surface area contributed by atoms with Gasteiger partial charge in [-0.05, 0) is 77.8 Å². The molecule has 0 aliphatic carbocycles. The van der Waals surface area contributed by atoms with E-state index in [0.717, 1.165) is 39.0 Å². The van der Waals surface area contributed by atoms with Gasteiger partial charge >= 0.3 is 6.03 Å². The van der Waals surface area contributed by atoms with Crippen LogP contribution in [0.25, 0.3) is 0 Å². The second-order valence-corrected chi connectivity index (χ2v) is 7.99. The van der Waals surface area contributed by atoms with Gasteiger partial charge in [0.25, 0.3) is 0 Å². The largest absolute Gasteiger partial charge is 0.338 e. The van der Waals surface area contributed by atoms with Crippen molar-refractivity contribution in [2.75, 3.05) is 52.4 Å². The molecule has 0 bridgehead atoms. The Bertz CT molecular complexity index is 293. The molecule has 2 N–H and O–H groups in total. The van der Waals surface area contributed by atoms with Crippen LogP contribution in [-0.2, 0) is 0 Å². The Kier molecular flexibility index (Phi) is 20.3. The van der Waals surface area contributed by atoms with Gasteiger partial charge in [-0.1, -0.05) is 53.4 Å². The number of hydrogen-bond donors (Lipinski definition) is 2. The first-order chi connectivity index (χ1) is 13.7. The molecule has 28 heavy (non-hydrogen) atoms. The van der Waals surface area contributed by atoms with Crippen molar-refractivity contribution in [3.63, 3.8) is 0 Å². The molecule has 0 aliphatic heterocycles. The summed E-state index contributed by atoms with van der Waals surface area (Å²) in [5, 5.41) is 6.03. The molecule has 0 heterocycles. The molecule has 0 atom stereocenters. The van der Waals surface area contributed by atoms with E-state index in [9.17, 15) is 4.79 Å². The van der Waals surface area contributed by atoms with E-state index in [2.05, 4.69) is 48.1 Å². The maximum Gasteiger partial charge on any atom is 0.314 e. The maximum absolute atomic E-state index is 12.0. The standard InChI is InChI=1S/C23H50N4O/c1-5-9-17-26(18-10-6-2)21-13-15-24-23(28)25-16-14-22-27(19-11-7-3)20-12-8-4/h5-22H2,1-4H3,(H2,24,25,28). The molecular weight excluding hydrogens is 348 g/mol. The Morgan fingerprint density at radius 2 is 0.821 bits per heavy atom.